The zero-order chi connectivity index (χ0) is 28.7. The van der Waals surface area contributed by atoms with Crippen LogP contribution in [-0.2, 0) is 33.0 Å². The summed E-state index contributed by atoms with van der Waals surface area (Å²) in [5.74, 6) is -0.0412. The zero-order valence-electron chi connectivity index (χ0n) is 22.4. The van der Waals surface area contributed by atoms with Crippen LogP contribution < -0.4 is 4.74 Å². The number of esters is 1. The summed E-state index contributed by atoms with van der Waals surface area (Å²) in [4.78, 5) is 13.4. The Morgan fingerprint density at radius 1 is 0.667 bits per heavy atom. The fraction of sp³-hybridized carbons (Fsp3) is 0.114. The first kappa shape index (κ1) is 25.8. The highest BCUT2D eigenvalue weighted by atomic mass is 16.7. The molecule has 42 heavy (non-hydrogen) atoms. The van der Waals surface area contributed by atoms with Crippen molar-refractivity contribution >= 4 is 5.97 Å². The number of phenolic OH excluding ortho intramolecular Hbond substituents is 2. The predicted octanol–water partition coefficient (Wildman–Crippen LogP) is 7.10. The number of rotatable bonds is 7. The summed E-state index contributed by atoms with van der Waals surface area (Å²) in [5.41, 5.74) is 2.90. The molecule has 208 valence electrons. The number of carbonyl (C=O) groups excluding carboxylic acids is 1. The van der Waals surface area contributed by atoms with Crippen molar-refractivity contribution in [3.63, 3.8) is 0 Å². The Balaban J connectivity index is 1.42. The molecule has 1 unspecified atom stereocenters. The molecule has 0 aliphatic carbocycles. The standard InChI is InChI=1S/C35H26O7/c36-24-15-16-29-30(18-24)41-31-19-25(37)17-27(32(31)35(29)28-14-8-7-13-26(28)33(38)42-35)34(39-20-22-9-3-1-4-10-22)40-21-23-11-5-2-6-12-23/h1-19,34,36-37H,20-21H2. The van der Waals surface area contributed by atoms with Crippen LogP contribution in [0.5, 0.6) is 23.0 Å². The van der Waals surface area contributed by atoms with Gasteiger partial charge in [0.1, 0.15) is 23.0 Å². The van der Waals surface area contributed by atoms with Gasteiger partial charge in [0, 0.05) is 28.8 Å². The maximum absolute atomic E-state index is 13.4. The van der Waals surface area contributed by atoms with Gasteiger partial charge in [-0.15, -0.1) is 0 Å². The maximum atomic E-state index is 13.4. The summed E-state index contributed by atoms with van der Waals surface area (Å²) in [6.07, 6.45) is -0.989. The van der Waals surface area contributed by atoms with Gasteiger partial charge >= 0.3 is 5.97 Å². The number of aromatic hydroxyl groups is 2. The molecule has 0 aromatic heterocycles. The Hall–Kier alpha value is -5.11. The molecule has 1 atom stereocenters. The van der Waals surface area contributed by atoms with E-state index < -0.39 is 17.9 Å². The van der Waals surface area contributed by atoms with E-state index in [0.29, 0.717) is 33.6 Å². The van der Waals surface area contributed by atoms with Crippen molar-refractivity contribution in [3.05, 3.63) is 154 Å². The van der Waals surface area contributed by atoms with Crippen LogP contribution in [-0.4, -0.2) is 16.2 Å². The Kier molecular flexibility index (Phi) is 6.38. The zero-order valence-corrected chi connectivity index (χ0v) is 22.4. The SMILES string of the molecule is O=C1OC2(c3ccc(O)cc3Oc3cc(O)cc(C(OCc4ccccc4)OCc4ccccc4)c32)c2ccccc21. The average Bonchev–Trinajstić information content (AvgIpc) is 3.30. The third-order valence-corrected chi connectivity index (χ3v) is 7.55. The van der Waals surface area contributed by atoms with Crippen molar-refractivity contribution in [2.45, 2.75) is 25.1 Å². The first-order valence-corrected chi connectivity index (χ1v) is 13.6. The van der Waals surface area contributed by atoms with Gasteiger partial charge in [-0.1, -0.05) is 78.9 Å². The molecule has 2 heterocycles. The fourth-order valence-corrected chi connectivity index (χ4v) is 5.73. The molecule has 2 N–H and O–H groups in total. The van der Waals surface area contributed by atoms with E-state index in [1.165, 1.54) is 18.2 Å². The highest BCUT2D eigenvalue weighted by molar-refractivity contribution is 5.97. The molecule has 2 aliphatic rings. The van der Waals surface area contributed by atoms with Gasteiger partial charge in [0.2, 0.25) is 0 Å². The van der Waals surface area contributed by atoms with Crippen molar-refractivity contribution in [1.82, 2.24) is 0 Å². The van der Waals surface area contributed by atoms with E-state index in [2.05, 4.69) is 0 Å². The maximum Gasteiger partial charge on any atom is 0.340 e. The van der Waals surface area contributed by atoms with Gasteiger partial charge in [-0.05, 0) is 35.4 Å². The van der Waals surface area contributed by atoms with Crippen molar-refractivity contribution in [1.29, 1.82) is 0 Å². The Bertz CT molecular complexity index is 1740. The van der Waals surface area contributed by atoms with Crippen molar-refractivity contribution in [2.24, 2.45) is 0 Å². The number of phenols is 2. The van der Waals surface area contributed by atoms with E-state index in [1.54, 1.807) is 24.3 Å². The first-order chi connectivity index (χ1) is 20.5. The molecule has 7 rings (SSSR count). The van der Waals surface area contributed by atoms with Crippen LogP contribution in [0.4, 0.5) is 0 Å². The van der Waals surface area contributed by atoms with Gasteiger partial charge in [-0.2, -0.15) is 0 Å². The summed E-state index contributed by atoms with van der Waals surface area (Å²) in [6.45, 7) is 0.443. The van der Waals surface area contributed by atoms with Crippen LogP contribution in [0.2, 0.25) is 0 Å². The molecular weight excluding hydrogens is 532 g/mol. The lowest BCUT2D eigenvalue weighted by atomic mass is 9.75. The molecule has 5 aromatic rings. The third kappa shape index (κ3) is 4.36. The van der Waals surface area contributed by atoms with E-state index in [4.69, 9.17) is 18.9 Å². The second-order valence-corrected chi connectivity index (χ2v) is 10.2. The minimum Gasteiger partial charge on any atom is -0.508 e. The molecule has 2 aliphatic heterocycles. The van der Waals surface area contributed by atoms with Crippen LogP contribution >= 0.6 is 0 Å². The minimum absolute atomic E-state index is 0.0133. The van der Waals surface area contributed by atoms with Gasteiger partial charge in [0.15, 0.2) is 11.9 Å². The summed E-state index contributed by atoms with van der Waals surface area (Å²) >= 11 is 0. The van der Waals surface area contributed by atoms with Gasteiger partial charge in [0.05, 0.1) is 24.3 Å². The second kappa shape index (κ2) is 10.4. The highest BCUT2D eigenvalue weighted by Crippen LogP contribution is 2.59. The first-order valence-electron chi connectivity index (χ1n) is 13.6. The van der Waals surface area contributed by atoms with E-state index in [-0.39, 0.29) is 30.5 Å². The summed E-state index contributed by atoms with van der Waals surface area (Å²) in [5, 5.41) is 21.2. The van der Waals surface area contributed by atoms with E-state index in [1.807, 2.05) is 72.8 Å². The highest BCUT2D eigenvalue weighted by Gasteiger charge is 2.55. The normalized spacial score (nSPS) is 16.5. The number of carbonyl (C=O) groups is 1. The summed E-state index contributed by atoms with van der Waals surface area (Å²) in [6, 6.07) is 34.3. The lowest BCUT2D eigenvalue weighted by molar-refractivity contribution is -0.162. The van der Waals surface area contributed by atoms with E-state index in [0.717, 1.165) is 11.1 Å². The van der Waals surface area contributed by atoms with Crippen molar-refractivity contribution in [3.8, 4) is 23.0 Å². The molecule has 7 heteroatoms. The van der Waals surface area contributed by atoms with Gasteiger partial charge < -0.3 is 29.2 Å². The topological polar surface area (TPSA) is 94.5 Å². The van der Waals surface area contributed by atoms with Crippen LogP contribution in [0.1, 0.15) is 50.0 Å². The van der Waals surface area contributed by atoms with E-state index >= 15 is 0 Å². The fourth-order valence-electron chi connectivity index (χ4n) is 5.73. The van der Waals surface area contributed by atoms with Crippen LogP contribution in [0.15, 0.2) is 115 Å². The number of benzene rings is 5. The van der Waals surface area contributed by atoms with Crippen LogP contribution in [0, 0.1) is 0 Å². The molecule has 0 saturated carbocycles. The summed E-state index contributed by atoms with van der Waals surface area (Å²) < 4.78 is 25.4. The molecule has 0 amide bonds. The van der Waals surface area contributed by atoms with Crippen LogP contribution in [0.3, 0.4) is 0 Å². The number of hydrogen-bond acceptors (Lipinski definition) is 7. The predicted molar refractivity (Wildman–Crippen MR) is 153 cm³/mol. The molecule has 0 saturated heterocycles. The molecule has 7 nitrogen and oxygen atoms in total. The number of ether oxygens (including phenoxy) is 4. The lowest BCUT2D eigenvalue weighted by Crippen LogP contribution is -2.35. The molecule has 1 spiro atoms. The number of hydrogen-bond donors (Lipinski definition) is 2. The minimum atomic E-state index is -1.45. The lowest BCUT2D eigenvalue weighted by Gasteiger charge is -2.39. The van der Waals surface area contributed by atoms with Crippen molar-refractivity contribution in [2.75, 3.05) is 0 Å². The molecule has 0 bridgehead atoms. The van der Waals surface area contributed by atoms with Gasteiger partial charge in [-0.3, -0.25) is 0 Å². The molecular formula is C35H26O7. The van der Waals surface area contributed by atoms with Crippen molar-refractivity contribution < 1.29 is 34.0 Å². The Morgan fingerprint density at radius 3 is 1.98 bits per heavy atom. The monoisotopic (exact) mass is 558 g/mol. The smallest absolute Gasteiger partial charge is 0.340 e. The number of fused-ring (bicyclic) bond motifs is 6. The quantitative estimate of drug-likeness (QED) is 0.163. The van der Waals surface area contributed by atoms with Crippen LogP contribution in [0.25, 0.3) is 0 Å². The average molecular weight is 559 g/mol. The molecule has 0 fully saturated rings. The Labute approximate surface area is 242 Å². The van der Waals surface area contributed by atoms with E-state index in [9.17, 15) is 15.0 Å². The Morgan fingerprint density at radius 2 is 1.29 bits per heavy atom. The third-order valence-electron chi connectivity index (χ3n) is 7.55. The second-order valence-electron chi connectivity index (χ2n) is 10.2. The largest absolute Gasteiger partial charge is 0.508 e. The molecule has 0 radical (unpaired) electrons. The van der Waals surface area contributed by atoms with Gasteiger partial charge in [-0.25, -0.2) is 4.79 Å². The molecule has 5 aromatic carbocycles. The van der Waals surface area contributed by atoms with Gasteiger partial charge in [0.25, 0.3) is 0 Å². The summed E-state index contributed by atoms with van der Waals surface area (Å²) in [7, 11) is 0.